The monoisotopic (exact) mass is 262 g/mol. The largest absolute Gasteiger partial charge is 0.476 e. The molecule has 0 bridgehead atoms. The molecule has 0 aliphatic carbocycles. The summed E-state index contributed by atoms with van der Waals surface area (Å²) in [4.78, 5) is 26.5. The summed E-state index contributed by atoms with van der Waals surface area (Å²) in [6.07, 6.45) is 2.53. The molecule has 3 heterocycles. The molecule has 11 nitrogen and oxygen atoms in total. The van der Waals surface area contributed by atoms with Crippen LogP contribution in [0.3, 0.4) is 0 Å². The first-order valence-corrected chi connectivity index (χ1v) is 5.05. The fourth-order valence-electron chi connectivity index (χ4n) is 1.54. The Hall–Kier alpha value is -3.11. The topological polar surface area (TPSA) is 144 Å². The van der Waals surface area contributed by atoms with Gasteiger partial charge in [-0.3, -0.25) is 0 Å². The van der Waals surface area contributed by atoms with Gasteiger partial charge in [0.1, 0.15) is 12.0 Å². The van der Waals surface area contributed by atoms with Crippen molar-refractivity contribution in [2.24, 2.45) is 0 Å². The molecule has 0 aromatic carbocycles. The Balaban J connectivity index is 2.12. The van der Waals surface area contributed by atoms with Crippen molar-refractivity contribution in [3.8, 4) is 0 Å². The molecule has 96 valence electrons. The summed E-state index contributed by atoms with van der Waals surface area (Å²) in [5, 5.41) is 26.0. The van der Waals surface area contributed by atoms with Crippen LogP contribution in [-0.4, -0.2) is 50.9 Å². The van der Waals surface area contributed by atoms with E-state index in [0.29, 0.717) is 5.69 Å². The molecule has 0 spiro atoms. The minimum absolute atomic E-state index is 0.0683. The zero-order valence-corrected chi connectivity index (χ0v) is 9.26. The van der Waals surface area contributed by atoms with Crippen LogP contribution in [0.2, 0.25) is 0 Å². The molecule has 0 amide bonds. The van der Waals surface area contributed by atoms with Crippen LogP contribution in [0.5, 0.6) is 0 Å². The van der Waals surface area contributed by atoms with E-state index in [0.717, 1.165) is 15.4 Å². The highest BCUT2D eigenvalue weighted by Crippen LogP contribution is 2.02. The van der Waals surface area contributed by atoms with Crippen molar-refractivity contribution in [3.05, 3.63) is 34.4 Å². The molecule has 0 unspecified atom stereocenters. The van der Waals surface area contributed by atoms with Crippen molar-refractivity contribution in [1.29, 1.82) is 0 Å². The first-order chi connectivity index (χ1) is 9.16. The van der Waals surface area contributed by atoms with Crippen molar-refractivity contribution in [2.45, 2.75) is 6.54 Å². The van der Waals surface area contributed by atoms with Crippen molar-refractivity contribution < 1.29 is 9.90 Å². The third kappa shape index (κ3) is 1.72. The van der Waals surface area contributed by atoms with Gasteiger partial charge in [0.05, 0.1) is 12.7 Å². The Labute approximate surface area is 103 Å². The lowest BCUT2D eigenvalue weighted by molar-refractivity contribution is 0.0693. The second-order valence-electron chi connectivity index (χ2n) is 3.58. The Kier molecular flexibility index (Phi) is 2.30. The van der Waals surface area contributed by atoms with Crippen LogP contribution in [0.15, 0.2) is 17.3 Å². The summed E-state index contributed by atoms with van der Waals surface area (Å²) in [7, 11) is 0. The Morgan fingerprint density at radius 2 is 2.32 bits per heavy atom. The van der Waals surface area contributed by atoms with Gasteiger partial charge < -0.3 is 5.11 Å². The molecule has 3 aromatic rings. The second-order valence-corrected chi connectivity index (χ2v) is 3.58. The quantitative estimate of drug-likeness (QED) is 0.559. The van der Waals surface area contributed by atoms with Gasteiger partial charge in [0, 0.05) is 0 Å². The predicted octanol–water partition coefficient (Wildman–Crippen LogP) is -1.85. The van der Waals surface area contributed by atoms with Gasteiger partial charge >= 0.3 is 11.7 Å². The molecule has 0 saturated carbocycles. The van der Waals surface area contributed by atoms with Crippen molar-refractivity contribution in [3.63, 3.8) is 0 Å². The number of carbonyl (C=O) groups is 1. The normalized spacial score (nSPS) is 10.9. The Morgan fingerprint density at radius 3 is 3.00 bits per heavy atom. The lowest BCUT2D eigenvalue weighted by Gasteiger charge is -2.00. The first kappa shape index (κ1) is 11.0. The van der Waals surface area contributed by atoms with E-state index in [1.54, 1.807) is 0 Å². The predicted molar refractivity (Wildman–Crippen MR) is 57.5 cm³/mol. The molecule has 11 heteroatoms. The second kappa shape index (κ2) is 3.97. The number of aromatic carboxylic acids is 1. The van der Waals surface area contributed by atoms with E-state index in [1.165, 1.54) is 6.20 Å². The van der Waals surface area contributed by atoms with Gasteiger partial charge in [-0.05, 0) is 0 Å². The molecule has 0 fully saturated rings. The number of hydrogen-bond acceptors (Lipinski definition) is 7. The standard InChI is InChI=1S/C8H6N8O3/c17-7(18)5-6-12-14-16(2-4-1-10-13-11-4)8(19)15(6)3-9-5/h1,3H,2H2,(H,17,18)(H,10,11,13). The highest BCUT2D eigenvalue weighted by Gasteiger charge is 2.16. The maximum atomic E-state index is 12.0. The summed E-state index contributed by atoms with van der Waals surface area (Å²) in [5.41, 5.74) is -0.491. The molecule has 0 radical (unpaired) electrons. The van der Waals surface area contributed by atoms with Crippen molar-refractivity contribution >= 4 is 11.6 Å². The molecule has 0 aliphatic heterocycles. The maximum absolute atomic E-state index is 12.0. The first-order valence-electron chi connectivity index (χ1n) is 5.05. The SMILES string of the molecule is O=C(O)c1ncn2c(=O)n(Cc3cn[nH]n3)nnc12. The van der Waals surface area contributed by atoms with E-state index in [9.17, 15) is 9.59 Å². The van der Waals surface area contributed by atoms with Gasteiger partial charge in [-0.15, -0.1) is 5.10 Å². The summed E-state index contributed by atoms with van der Waals surface area (Å²) >= 11 is 0. The lowest BCUT2D eigenvalue weighted by atomic mass is 10.4. The van der Waals surface area contributed by atoms with Gasteiger partial charge in [0.2, 0.25) is 0 Å². The fraction of sp³-hybridized carbons (Fsp3) is 0.125. The molecule has 3 aromatic heterocycles. The van der Waals surface area contributed by atoms with E-state index in [4.69, 9.17) is 5.11 Å². The smallest absolute Gasteiger partial charge is 0.358 e. The van der Waals surface area contributed by atoms with E-state index in [2.05, 4.69) is 30.7 Å². The third-order valence-electron chi connectivity index (χ3n) is 2.40. The number of H-pyrrole nitrogens is 1. The number of aromatic nitrogens is 8. The minimum Gasteiger partial charge on any atom is -0.476 e. The van der Waals surface area contributed by atoms with Crippen LogP contribution in [0.1, 0.15) is 16.2 Å². The molecule has 0 atom stereocenters. The Bertz CT molecular complexity index is 801. The van der Waals surface area contributed by atoms with Crippen LogP contribution < -0.4 is 5.69 Å². The number of imidazole rings is 1. The average molecular weight is 262 g/mol. The van der Waals surface area contributed by atoms with Crippen molar-refractivity contribution in [2.75, 3.05) is 0 Å². The van der Waals surface area contributed by atoms with Gasteiger partial charge in [0.15, 0.2) is 11.3 Å². The number of rotatable bonds is 3. The molecular weight excluding hydrogens is 256 g/mol. The van der Waals surface area contributed by atoms with E-state index >= 15 is 0 Å². The summed E-state index contributed by atoms with van der Waals surface area (Å²) in [6, 6.07) is 0. The highest BCUT2D eigenvalue weighted by molar-refractivity contribution is 5.91. The number of carboxylic acids is 1. The number of aromatic amines is 1. The minimum atomic E-state index is -1.27. The van der Waals surface area contributed by atoms with Gasteiger partial charge in [0.25, 0.3) is 0 Å². The molecule has 2 N–H and O–H groups in total. The number of nitrogens with one attached hydrogen (secondary N) is 1. The average Bonchev–Trinajstić information content (AvgIpc) is 3.01. The van der Waals surface area contributed by atoms with E-state index in [1.807, 2.05) is 0 Å². The molecule has 3 rings (SSSR count). The zero-order chi connectivity index (χ0) is 13.4. The number of carboxylic acid groups (broad SMARTS) is 1. The van der Waals surface area contributed by atoms with Gasteiger partial charge in [-0.2, -0.15) is 20.1 Å². The highest BCUT2D eigenvalue weighted by atomic mass is 16.4. The maximum Gasteiger partial charge on any atom is 0.358 e. The van der Waals surface area contributed by atoms with E-state index in [-0.39, 0.29) is 17.9 Å². The third-order valence-corrected chi connectivity index (χ3v) is 2.40. The summed E-state index contributed by atoms with van der Waals surface area (Å²) in [6.45, 7) is 0.0683. The fourth-order valence-corrected chi connectivity index (χ4v) is 1.54. The van der Waals surface area contributed by atoms with Gasteiger partial charge in [-0.25, -0.2) is 19.0 Å². The number of fused-ring (bicyclic) bond motifs is 1. The molecular formula is C8H6N8O3. The lowest BCUT2D eigenvalue weighted by Crippen LogP contribution is -2.30. The summed E-state index contributed by atoms with van der Waals surface area (Å²) in [5.74, 6) is -1.27. The van der Waals surface area contributed by atoms with Crippen molar-refractivity contribution in [1.82, 2.24) is 39.8 Å². The van der Waals surface area contributed by atoms with Gasteiger partial charge in [-0.1, -0.05) is 5.21 Å². The molecule has 0 aliphatic rings. The zero-order valence-electron chi connectivity index (χ0n) is 9.26. The van der Waals surface area contributed by atoms with Crippen LogP contribution in [0.25, 0.3) is 5.65 Å². The van der Waals surface area contributed by atoms with Crippen LogP contribution in [0.4, 0.5) is 0 Å². The molecule has 19 heavy (non-hydrogen) atoms. The number of nitrogens with zero attached hydrogens (tertiary/aromatic N) is 7. The molecule has 0 saturated heterocycles. The Morgan fingerprint density at radius 1 is 1.47 bits per heavy atom. The summed E-state index contributed by atoms with van der Waals surface area (Å²) < 4.78 is 2.04. The van der Waals surface area contributed by atoms with E-state index < -0.39 is 11.7 Å². The van der Waals surface area contributed by atoms with Crippen LogP contribution in [-0.2, 0) is 6.54 Å². The number of hydrogen-bond donors (Lipinski definition) is 2. The van der Waals surface area contributed by atoms with Crippen LogP contribution in [0, 0.1) is 0 Å². The van der Waals surface area contributed by atoms with Crippen LogP contribution >= 0.6 is 0 Å².